The number of aliphatic hydroxyl groups excluding tert-OH is 1. The zero-order valence-corrected chi connectivity index (χ0v) is 9.80. The molecule has 1 N–H and O–H groups in total. The van der Waals surface area contributed by atoms with Crippen LogP contribution in [0.5, 0.6) is 0 Å². The van der Waals surface area contributed by atoms with Crippen molar-refractivity contribution in [1.82, 2.24) is 0 Å². The Balaban J connectivity index is 2.08. The van der Waals surface area contributed by atoms with E-state index in [0.717, 1.165) is 6.42 Å². The molecule has 2 rings (SSSR count). The van der Waals surface area contributed by atoms with Gasteiger partial charge in [-0.15, -0.1) is 0 Å². The molecule has 2 unspecified atom stereocenters. The van der Waals surface area contributed by atoms with Crippen molar-refractivity contribution in [3.05, 3.63) is 47.8 Å². The van der Waals surface area contributed by atoms with Crippen molar-refractivity contribution < 1.29 is 14.6 Å². The van der Waals surface area contributed by atoms with Gasteiger partial charge in [-0.2, -0.15) is 0 Å². The lowest BCUT2D eigenvalue weighted by atomic mass is 9.89. The molecule has 0 aliphatic heterocycles. The first-order chi connectivity index (χ1) is 8.20. The third-order valence-corrected chi connectivity index (χ3v) is 3.04. The maximum atomic E-state index is 12.2. The van der Waals surface area contributed by atoms with Gasteiger partial charge in [0, 0.05) is 18.6 Å². The van der Waals surface area contributed by atoms with Crippen LogP contribution in [0.3, 0.4) is 0 Å². The Morgan fingerprint density at radius 1 is 1.41 bits per heavy atom. The molecule has 90 valence electrons. The van der Waals surface area contributed by atoms with Crippen molar-refractivity contribution in [2.45, 2.75) is 18.9 Å². The molecule has 0 amide bonds. The van der Waals surface area contributed by atoms with Crippen molar-refractivity contribution in [3.63, 3.8) is 0 Å². The molecule has 0 aromatic carbocycles. The zero-order valence-electron chi connectivity index (χ0n) is 9.80. The number of hydrogen-bond acceptors (Lipinski definition) is 3. The minimum absolute atomic E-state index is 0.00420. The van der Waals surface area contributed by atoms with Crippen molar-refractivity contribution in [1.29, 1.82) is 0 Å². The van der Waals surface area contributed by atoms with Crippen LogP contribution in [0, 0.1) is 5.92 Å². The minimum Gasteiger partial charge on any atom is -0.508 e. The third kappa shape index (κ3) is 2.74. The lowest BCUT2D eigenvalue weighted by molar-refractivity contribution is -0.117. The van der Waals surface area contributed by atoms with Gasteiger partial charge in [0.1, 0.15) is 5.76 Å². The van der Waals surface area contributed by atoms with Gasteiger partial charge >= 0.3 is 0 Å². The number of ketones is 1. The summed E-state index contributed by atoms with van der Waals surface area (Å²) in [6.07, 6.45) is 12.0. The van der Waals surface area contributed by atoms with Crippen LogP contribution in [0.4, 0.5) is 0 Å². The van der Waals surface area contributed by atoms with E-state index in [1.165, 1.54) is 0 Å². The average Bonchev–Trinajstić information content (AvgIpc) is 2.39. The van der Waals surface area contributed by atoms with Gasteiger partial charge in [-0.3, -0.25) is 4.79 Å². The quantitative estimate of drug-likeness (QED) is 0.813. The molecule has 0 aromatic rings. The van der Waals surface area contributed by atoms with Gasteiger partial charge < -0.3 is 9.84 Å². The topological polar surface area (TPSA) is 46.5 Å². The number of ether oxygens (including phenoxy) is 1. The molecule has 2 aliphatic rings. The highest BCUT2D eigenvalue weighted by atomic mass is 16.5. The Hall–Kier alpha value is -1.61. The van der Waals surface area contributed by atoms with E-state index in [0.29, 0.717) is 12.0 Å². The summed E-state index contributed by atoms with van der Waals surface area (Å²) >= 11 is 0. The van der Waals surface area contributed by atoms with E-state index < -0.39 is 0 Å². The summed E-state index contributed by atoms with van der Waals surface area (Å²) in [7, 11) is 1.64. The van der Waals surface area contributed by atoms with Crippen LogP contribution in [-0.2, 0) is 9.53 Å². The second-order valence-corrected chi connectivity index (χ2v) is 4.23. The first-order valence-electron chi connectivity index (χ1n) is 5.73. The van der Waals surface area contributed by atoms with Gasteiger partial charge in [-0.1, -0.05) is 18.2 Å². The molecular weight excluding hydrogens is 216 g/mol. The number of carbonyl (C=O) groups is 1. The van der Waals surface area contributed by atoms with Crippen LogP contribution in [0.2, 0.25) is 0 Å². The molecule has 2 aliphatic carbocycles. The number of methoxy groups -OCH3 is 1. The van der Waals surface area contributed by atoms with E-state index in [-0.39, 0.29) is 23.6 Å². The maximum absolute atomic E-state index is 12.2. The number of carbonyl (C=O) groups excluding carboxylic acids is 1. The predicted molar refractivity (Wildman–Crippen MR) is 65.6 cm³/mol. The van der Waals surface area contributed by atoms with Gasteiger partial charge in [0.15, 0.2) is 5.78 Å². The van der Waals surface area contributed by atoms with E-state index in [2.05, 4.69) is 0 Å². The van der Waals surface area contributed by atoms with Crippen LogP contribution in [-0.4, -0.2) is 24.1 Å². The minimum atomic E-state index is -0.169. The molecule has 3 nitrogen and oxygen atoms in total. The molecule has 0 saturated carbocycles. The van der Waals surface area contributed by atoms with Crippen molar-refractivity contribution >= 4 is 5.78 Å². The molecule has 3 heteroatoms. The van der Waals surface area contributed by atoms with E-state index in [1.807, 2.05) is 18.2 Å². The Kier molecular flexibility index (Phi) is 3.59. The fourth-order valence-corrected chi connectivity index (χ4v) is 2.00. The molecule has 2 atom stereocenters. The summed E-state index contributed by atoms with van der Waals surface area (Å²) in [5.41, 5.74) is 0.701. The Labute approximate surface area is 101 Å². The summed E-state index contributed by atoms with van der Waals surface area (Å²) in [5, 5.41) is 9.21. The van der Waals surface area contributed by atoms with Gasteiger partial charge in [-0.25, -0.2) is 0 Å². The number of Topliss-reactive ketones (excluding diaryl/α,β-unsaturated/α-hetero) is 1. The summed E-state index contributed by atoms with van der Waals surface area (Å²) in [5.74, 6) is 0.150. The highest BCUT2D eigenvalue weighted by Crippen LogP contribution is 2.22. The fourth-order valence-electron chi connectivity index (χ4n) is 2.00. The maximum Gasteiger partial charge on any atom is 0.169 e. The number of aliphatic hydroxyl groups is 1. The van der Waals surface area contributed by atoms with E-state index in [9.17, 15) is 9.90 Å². The van der Waals surface area contributed by atoms with Crippen LogP contribution in [0.1, 0.15) is 12.8 Å². The van der Waals surface area contributed by atoms with Gasteiger partial charge in [-0.05, 0) is 31.1 Å². The predicted octanol–water partition coefficient (Wildman–Crippen LogP) is 2.47. The first-order valence-corrected chi connectivity index (χ1v) is 5.73. The molecule has 0 saturated heterocycles. The smallest absolute Gasteiger partial charge is 0.169 e. The molecule has 17 heavy (non-hydrogen) atoms. The summed E-state index contributed by atoms with van der Waals surface area (Å²) in [4.78, 5) is 12.2. The summed E-state index contributed by atoms with van der Waals surface area (Å²) in [6, 6.07) is 0. The second kappa shape index (κ2) is 5.15. The first kappa shape index (κ1) is 11.9. The Bertz CT molecular complexity index is 427. The van der Waals surface area contributed by atoms with Crippen LogP contribution in [0.25, 0.3) is 0 Å². The largest absolute Gasteiger partial charge is 0.508 e. The third-order valence-electron chi connectivity index (χ3n) is 3.04. The van der Waals surface area contributed by atoms with Crippen LogP contribution >= 0.6 is 0 Å². The fraction of sp³-hybridized carbons (Fsp3) is 0.357. The number of hydrogen-bond donors (Lipinski definition) is 1. The highest BCUT2D eigenvalue weighted by Gasteiger charge is 2.21. The lowest BCUT2D eigenvalue weighted by Gasteiger charge is -2.18. The van der Waals surface area contributed by atoms with Crippen LogP contribution in [0.15, 0.2) is 47.8 Å². The number of rotatable bonds is 3. The van der Waals surface area contributed by atoms with E-state index in [1.54, 1.807) is 25.3 Å². The molecule has 0 fully saturated rings. The highest BCUT2D eigenvalue weighted by molar-refractivity contribution is 6.01. The average molecular weight is 232 g/mol. The second-order valence-electron chi connectivity index (χ2n) is 4.23. The molecule has 0 bridgehead atoms. The summed E-state index contributed by atoms with van der Waals surface area (Å²) in [6.45, 7) is 0. The van der Waals surface area contributed by atoms with Crippen molar-refractivity contribution in [2.24, 2.45) is 5.92 Å². The van der Waals surface area contributed by atoms with Gasteiger partial charge in [0.05, 0.1) is 6.10 Å². The molecular formula is C14H16O3. The Morgan fingerprint density at radius 2 is 2.24 bits per heavy atom. The lowest BCUT2D eigenvalue weighted by Crippen LogP contribution is -2.19. The van der Waals surface area contributed by atoms with Crippen molar-refractivity contribution in [3.8, 4) is 0 Å². The van der Waals surface area contributed by atoms with Crippen LogP contribution < -0.4 is 0 Å². The van der Waals surface area contributed by atoms with Crippen molar-refractivity contribution in [2.75, 3.05) is 7.11 Å². The Morgan fingerprint density at radius 3 is 2.88 bits per heavy atom. The van der Waals surface area contributed by atoms with E-state index >= 15 is 0 Å². The summed E-state index contributed by atoms with van der Waals surface area (Å²) < 4.78 is 5.23. The monoisotopic (exact) mass is 232 g/mol. The number of allylic oxidation sites excluding steroid dienone is 5. The molecule has 0 heterocycles. The normalized spacial score (nSPS) is 27.6. The molecule has 0 radical (unpaired) electrons. The SMILES string of the molecule is COC1C=C(C(=O)C2C=CC(O)=CC2)C=CC1. The zero-order chi connectivity index (χ0) is 12.3. The van der Waals surface area contributed by atoms with E-state index in [4.69, 9.17) is 4.74 Å². The van der Waals surface area contributed by atoms with Gasteiger partial charge in [0.25, 0.3) is 0 Å². The van der Waals surface area contributed by atoms with Gasteiger partial charge in [0.2, 0.25) is 0 Å². The molecule has 0 aromatic heterocycles. The molecule has 0 spiro atoms. The standard InChI is InChI=1S/C14H16O3/c1-17-13-4-2-3-11(9-13)14(16)10-5-7-12(15)8-6-10/h2-3,5,7-10,13,15H,4,6H2,1H3.